The molecule has 3 aromatic rings. The molecule has 0 fully saturated rings. The summed E-state index contributed by atoms with van der Waals surface area (Å²) in [6.07, 6.45) is 1.14. The summed E-state index contributed by atoms with van der Waals surface area (Å²) in [5.74, 6) is -0.293. The molecule has 0 unspecified atom stereocenters. The summed E-state index contributed by atoms with van der Waals surface area (Å²) in [6.45, 7) is 5.38. The molecule has 0 atom stereocenters. The summed E-state index contributed by atoms with van der Waals surface area (Å²) >= 11 is 6.07. The van der Waals surface area contributed by atoms with Crippen LogP contribution >= 0.6 is 11.6 Å². The predicted molar refractivity (Wildman–Crippen MR) is 118 cm³/mol. The highest BCUT2D eigenvalue weighted by Crippen LogP contribution is 2.25. The number of sulfone groups is 1. The van der Waals surface area contributed by atoms with E-state index >= 15 is 0 Å². The smallest absolute Gasteiger partial charge is 0.199 e. The Morgan fingerprint density at radius 3 is 2.39 bits per heavy atom. The highest BCUT2D eigenvalue weighted by atomic mass is 35.5. The molecular formula is C23H22ClNO5S. The molecule has 0 aliphatic rings. The van der Waals surface area contributed by atoms with Gasteiger partial charge in [0, 0.05) is 23.6 Å². The van der Waals surface area contributed by atoms with Gasteiger partial charge in [0.25, 0.3) is 0 Å². The molecule has 0 radical (unpaired) electrons. The molecule has 1 aromatic heterocycles. The van der Waals surface area contributed by atoms with Gasteiger partial charge in [0.05, 0.1) is 22.3 Å². The predicted octanol–water partition coefficient (Wildman–Crippen LogP) is 4.27. The summed E-state index contributed by atoms with van der Waals surface area (Å²) in [6, 6.07) is 13.7. The Hall–Kier alpha value is -2.90. The average Bonchev–Trinajstić information content (AvgIpc) is 2.70. The molecule has 8 heteroatoms. The average molecular weight is 460 g/mol. The van der Waals surface area contributed by atoms with Crippen molar-refractivity contribution >= 4 is 27.2 Å². The number of pyridine rings is 1. The first-order valence-corrected chi connectivity index (χ1v) is 11.6. The lowest BCUT2D eigenvalue weighted by Crippen LogP contribution is -2.30. The molecule has 0 saturated carbocycles. The maximum Gasteiger partial charge on any atom is 0.199 e. The molecule has 0 N–H and O–H groups in total. The van der Waals surface area contributed by atoms with Crippen LogP contribution < -0.4 is 9.47 Å². The molecule has 0 bridgehead atoms. The summed E-state index contributed by atoms with van der Waals surface area (Å²) in [5.41, 5.74) is 1.03. The first-order chi connectivity index (χ1) is 14.6. The minimum Gasteiger partial charge on any atom is -0.618 e. The Kier molecular flexibility index (Phi) is 6.67. The van der Waals surface area contributed by atoms with E-state index in [9.17, 15) is 18.4 Å². The molecule has 3 rings (SSSR count). The van der Waals surface area contributed by atoms with Gasteiger partial charge in [0.2, 0.25) is 0 Å². The molecule has 0 aliphatic heterocycles. The van der Waals surface area contributed by atoms with Crippen LogP contribution in [0.3, 0.4) is 0 Å². The number of hydrogen-bond acceptors (Lipinski definition) is 5. The van der Waals surface area contributed by atoms with Crippen LogP contribution in [0.5, 0.6) is 5.75 Å². The van der Waals surface area contributed by atoms with Gasteiger partial charge >= 0.3 is 0 Å². The van der Waals surface area contributed by atoms with Crippen molar-refractivity contribution in [3.63, 3.8) is 0 Å². The van der Waals surface area contributed by atoms with E-state index in [-0.39, 0.29) is 22.1 Å². The summed E-state index contributed by atoms with van der Waals surface area (Å²) in [5, 5.41) is 12.2. The third kappa shape index (κ3) is 5.42. The van der Waals surface area contributed by atoms with Gasteiger partial charge < -0.3 is 9.94 Å². The fourth-order valence-electron chi connectivity index (χ4n) is 3.02. The zero-order valence-electron chi connectivity index (χ0n) is 17.3. The van der Waals surface area contributed by atoms with Crippen molar-refractivity contribution in [2.24, 2.45) is 0 Å². The van der Waals surface area contributed by atoms with Gasteiger partial charge in [0.1, 0.15) is 5.75 Å². The number of carbonyl (C=O) groups is 1. The second kappa shape index (κ2) is 9.08. The second-order valence-corrected chi connectivity index (χ2v) is 9.84. The zero-order chi connectivity index (χ0) is 22.8. The van der Waals surface area contributed by atoms with Gasteiger partial charge in [-0.1, -0.05) is 17.7 Å². The summed E-state index contributed by atoms with van der Waals surface area (Å²) in [7, 11) is -3.74. The van der Waals surface area contributed by atoms with Crippen LogP contribution in [0.1, 0.15) is 41.0 Å². The Morgan fingerprint density at radius 2 is 1.77 bits per heavy atom. The van der Waals surface area contributed by atoms with Gasteiger partial charge in [-0.05, 0) is 61.9 Å². The zero-order valence-corrected chi connectivity index (χ0v) is 18.9. The minimum absolute atomic E-state index is 0.0281. The van der Waals surface area contributed by atoms with E-state index in [4.69, 9.17) is 16.3 Å². The first kappa shape index (κ1) is 22.8. The van der Waals surface area contributed by atoms with Crippen molar-refractivity contribution in [1.82, 2.24) is 0 Å². The molecule has 2 aromatic carbocycles. The van der Waals surface area contributed by atoms with E-state index in [0.29, 0.717) is 26.8 Å². The largest absolute Gasteiger partial charge is 0.618 e. The second-order valence-electron chi connectivity index (χ2n) is 7.41. The van der Waals surface area contributed by atoms with Crippen molar-refractivity contribution in [2.45, 2.75) is 37.5 Å². The minimum atomic E-state index is -3.74. The Bertz CT molecular complexity index is 1220. The SMILES string of the molecule is Cc1ccc(C(=O)c2cc(Cl)ccc2CS(=O)(=O)c2ccc(OC(C)C)cc2)c[n+]1[O-]. The Labute approximate surface area is 186 Å². The molecule has 162 valence electrons. The number of aromatic nitrogens is 1. The van der Waals surface area contributed by atoms with Gasteiger partial charge in [-0.2, -0.15) is 4.73 Å². The third-order valence-electron chi connectivity index (χ3n) is 4.59. The highest BCUT2D eigenvalue weighted by molar-refractivity contribution is 7.90. The quantitative estimate of drug-likeness (QED) is 0.299. The van der Waals surface area contributed by atoms with Crippen molar-refractivity contribution < 1.29 is 22.7 Å². The van der Waals surface area contributed by atoms with E-state index in [0.717, 1.165) is 0 Å². The number of ketones is 1. The number of ether oxygens (including phenoxy) is 1. The highest BCUT2D eigenvalue weighted by Gasteiger charge is 2.22. The molecule has 0 saturated heterocycles. The van der Waals surface area contributed by atoms with Crippen molar-refractivity contribution in [3.8, 4) is 5.75 Å². The van der Waals surface area contributed by atoms with Crippen molar-refractivity contribution in [1.29, 1.82) is 0 Å². The van der Waals surface area contributed by atoms with Crippen LogP contribution in [-0.4, -0.2) is 20.3 Å². The first-order valence-electron chi connectivity index (χ1n) is 9.59. The standard InChI is InChI=1S/C23H22ClNO5S/c1-15(2)30-20-8-10-21(11-9-20)31(28,29)14-18-6-7-19(24)12-22(18)23(26)17-5-4-16(3)25(27)13-17/h4-13,15H,14H2,1-3H3. The Balaban J connectivity index is 1.94. The van der Waals surface area contributed by atoms with E-state index in [1.807, 2.05) is 13.8 Å². The number of halogens is 1. The molecule has 0 amide bonds. The number of benzene rings is 2. The number of aryl methyl sites for hydroxylation is 1. The maximum atomic E-state index is 13.0. The van der Waals surface area contributed by atoms with Crippen LogP contribution in [0.15, 0.2) is 65.7 Å². The van der Waals surface area contributed by atoms with E-state index in [1.54, 1.807) is 19.1 Å². The molecular weight excluding hydrogens is 438 g/mol. The number of hydrogen-bond donors (Lipinski definition) is 0. The molecule has 31 heavy (non-hydrogen) atoms. The topological polar surface area (TPSA) is 87.4 Å². The molecule has 0 spiro atoms. The van der Waals surface area contributed by atoms with Gasteiger partial charge in [-0.15, -0.1) is 0 Å². The van der Waals surface area contributed by atoms with Crippen molar-refractivity contribution in [2.75, 3.05) is 0 Å². The molecule has 6 nitrogen and oxygen atoms in total. The third-order valence-corrected chi connectivity index (χ3v) is 6.50. The van der Waals surface area contributed by atoms with Crippen LogP contribution in [0.25, 0.3) is 0 Å². The monoisotopic (exact) mass is 459 g/mol. The fraction of sp³-hybridized carbons (Fsp3) is 0.217. The number of rotatable bonds is 7. The van der Waals surface area contributed by atoms with Crippen molar-refractivity contribution in [3.05, 3.63) is 93.4 Å². The number of carbonyl (C=O) groups excluding carboxylic acids is 1. The van der Waals surface area contributed by atoms with Gasteiger partial charge in [0.15, 0.2) is 27.5 Å². The summed E-state index contributed by atoms with van der Waals surface area (Å²) in [4.78, 5) is 13.1. The lowest BCUT2D eigenvalue weighted by molar-refractivity contribution is -0.612. The van der Waals surface area contributed by atoms with Crippen LogP contribution in [0.2, 0.25) is 5.02 Å². The lowest BCUT2D eigenvalue weighted by atomic mass is 10.00. The van der Waals surface area contributed by atoms with Gasteiger partial charge in [-0.3, -0.25) is 4.79 Å². The summed E-state index contributed by atoms with van der Waals surface area (Å²) < 4.78 is 32.1. The van der Waals surface area contributed by atoms with Crippen LogP contribution in [0.4, 0.5) is 0 Å². The van der Waals surface area contributed by atoms with Crippen LogP contribution in [0, 0.1) is 12.1 Å². The van der Waals surface area contributed by atoms with E-state index in [2.05, 4.69) is 0 Å². The Morgan fingerprint density at radius 1 is 1.10 bits per heavy atom. The van der Waals surface area contributed by atoms with E-state index < -0.39 is 21.4 Å². The molecule has 0 aliphatic carbocycles. The molecule has 1 heterocycles. The lowest BCUT2D eigenvalue weighted by Gasteiger charge is -2.12. The van der Waals surface area contributed by atoms with Crippen LogP contribution in [-0.2, 0) is 15.6 Å². The normalized spacial score (nSPS) is 11.5. The van der Waals surface area contributed by atoms with E-state index in [1.165, 1.54) is 48.7 Å². The maximum absolute atomic E-state index is 13.0. The fourth-order valence-corrected chi connectivity index (χ4v) is 4.57. The number of nitrogens with zero attached hydrogens (tertiary/aromatic N) is 1. The van der Waals surface area contributed by atoms with Gasteiger partial charge in [-0.25, -0.2) is 8.42 Å².